The van der Waals surface area contributed by atoms with Crippen LogP contribution in [-0.2, 0) is 9.59 Å². The van der Waals surface area contributed by atoms with Crippen LogP contribution in [0.1, 0.15) is 135 Å². The van der Waals surface area contributed by atoms with Gasteiger partial charge in [0.1, 0.15) is 6.42 Å². The third-order valence-corrected chi connectivity index (χ3v) is 11.3. The van der Waals surface area contributed by atoms with Crippen molar-refractivity contribution in [3.8, 4) is 0 Å². The fourth-order valence-corrected chi connectivity index (χ4v) is 9.61. The van der Waals surface area contributed by atoms with Gasteiger partial charge in [0.25, 0.3) is 0 Å². The minimum Gasteiger partial charge on any atom is -0.339 e. The Kier molecular flexibility index (Phi) is 7.37. The molecular weight excluding hydrogens is 460 g/mol. The van der Waals surface area contributed by atoms with E-state index in [0.717, 1.165) is 26.2 Å². The zero-order valence-corrected chi connectivity index (χ0v) is 23.4. The van der Waals surface area contributed by atoms with Crippen LogP contribution >= 0.6 is 0 Å². The molecule has 4 aliphatic carbocycles. The summed E-state index contributed by atoms with van der Waals surface area (Å²) in [4.78, 5) is 32.0. The third kappa shape index (κ3) is 5.48. The highest BCUT2D eigenvalue weighted by Gasteiger charge is 2.51. The maximum atomic E-state index is 13.9. The summed E-state index contributed by atoms with van der Waals surface area (Å²) in [5, 5.41) is 8.33. The largest absolute Gasteiger partial charge is 0.339 e. The second kappa shape index (κ2) is 10.4. The van der Waals surface area contributed by atoms with Crippen LogP contribution in [0.25, 0.3) is 0 Å². The van der Waals surface area contributed by atoms with E-state index in [1.54, 1.807) is 0 Å². The lowest BCUT2D eigenvalue weighted by Crippen LogP contribution is -2.73. The fraction of sp³-hybridized carbons (Fsp3) is 0.935. The third-order valence-electron chi connectivity index (χ3n) is 11.3. The van der Waals surface area contributed by atoms with Crippen molar-refractivity contribution in [2.24, 2.45) is 0 Å². The minimum absolute atomic E-state index is 0.0678. The maximum Gasteiger partial charge on any atom is 0.232 e. The molecule has 2 amide bonds. The smallest absolute Gasteiger partial charge is 0.232 e. The molecule has 6 aliphatic rings. The number of nitrogens with zero attached hydrogens (tertiary/aromatic N) is 2. The molecule has 0 unspecified atom stereocenters. The van der Waals surface area contributed by atoms with Crippen LogP contribution in [0.4, 0.5) is 0 Å². The average Bonchev–Trinajstić information content (AvgIpc) is 2.89. The predicted octanol–water partition coefficient (Wildman–Crippen LogP) is 5.05. The van der Waals surface area contributed by atoms with Crippen LogP contribution in [0.5, 0.6) is 0 Å². The van der Waals surface area contributed by atoms with E-state index in [0.29, 0.717) is 0 Å². The van der Waals surface area contributed by atoms with E-state index in [9.17, 15) is 9.59 Å². The SMILES string of the molecule is O=C(CC(=O)N1CC2(CCCCC2)NC2(CCCCC2)C1)N1CC2(CCCCC2)NC2(CCCCC2)C1. The van der Waals surface area contributed by atoms with Crippen LogP contribution < -0.4 is 10.6 Å². The number of hydrogen-bond donors (Lipinski definition) is 2. The molecule has 208 valence electrons. The molecule has 6 heteroatoms. The molecule has 6 fully saturated rings. The Labute approximate surface area is 225 Å². The molecule has 2 N–H and O–H groups in total. The molecule has 0 aromatic carbocycles. The summed E-state index contributed by atoms with van der Waals surface area (Å²) in [5.41, 5.74) is 0.277. The molecular formula is C31H52N4O2. The van der Waals surface area contributed by atoms with Gasteiger partial charge in [-0.3, -0.25) is 9.59 Å². The summed E-state index contributed by atoms with van der Waals surface area (Å²) in [7, 11) is 0. The van der Waals surface area contributed by atoms with Gasteiger partial charge in [-0.2, -0.15) is 0 Å². The summed E-state index contributed by atoms with van der Waals surface area (Å²) in [6.07, 6.45) is 24.8. The molecule has 6 rings (SSSR count). The number of nitrogens with one attached hydrogen (secondary N) is 2. The molecule has 0 aromatic rings. The molecule has 0 bridgehead atoms. The van der Waals surface area contributed by atoms with Crippen molar-refractivity contribution in [3.63, 3.8) is 0 Å². The highest BCUT2D eigenvalue weighted by Crippen LogP contribution is 2.42. The van der Waals surface area contributed by atoms with Crippen LogP contribution in [0, 0.1) is 0 Å². The van der Waals surface area contributed by atoms with Gasteiger partial charge >= 0.3 is 0 Å². The summed E-state index contributed by atoms with van der Waals surface area (Å²) < 4.78 is 0. The monoisotopic (exact) mass is 512 g/mol. The fourth-order valence-electron chi connectivity index (χ4n) is 9.61. The second-order valence-electron chi connectivity index (χ2n) is 14.3. The van der Waals surface area contributed by atoms with Gasteiger partial charge in [0, 0.05) is 48.3 Å². The zero-order valence-electron chi connectivity index (χ0n) is 23.4. The summed E-state index contributed by atoms with van der Waals surface area (Å²) >= 11 is 0. The van der Waals surface area contributed by atoms with Gasteiger partial charge in [0.05, 0.1) is 0 Å². The predicted molar refractivity (Wildman–Crippen MR) is 147 cm³/mol. The molecule has 2 saturated heterocycles. The first kappa shape index (κ1) is 26.1. The van der Waals surface area contributed by atoms with Crippen molar-refractivity contribution in [2.45, 2.75) is 157 Å². The maximum absolute atomic E-state index is 13.9. The molecule has 0 radical (unpaired) electrons. The molecule has 4 spiro atoms. The van der Waals surface area contributed by atoms with Crippen molar-refractivity contribution in [3.05, 3.63) is 0 Å². The molecule has 37 heavy (non-hydrogen) atoms. The van der Waals surface area contributed by atoms with Gasteiger partial charge in [-0.1, -0.05) is 77.0 Å². The first-order valence-corrected chi connectivity index (χ1v) is 16.1. The number of rotatable bonds is 2. The lowest BCUT2D eigenvalue weighted by Gasteiger charge is -2.57. The van der Waals surface area contributed by atoms with Gasteiger partial charge in [0.15, 0.2) is 0 Å². The van der Waals surface area contributed by atoms with E-state index in [2.05, 4.69) is 20.4 Å². The molecule has 0 aromatic heterocycles. The van der Waals surface area contributed by atoms with Gasteiger partial charge in [-0.15, -0.1) is 0 Å². The zero-order chi connectivity index (χ0) is 25.4. The lowest BCUT2D eigenvalue weighted by atomic mass is 9.72. The van der Waals surface area contributed by atoms with Gasteiger partial charge in [-0.25, -0.2) is 0 Å². The van der Waals surface area contributed by atoms with Gasteiger partial charge in [-0.05, 0) is 51.4 Å². The number of piperazine rings is 2. The minimum atomic E-state index is 0.0678. The van der Waals surface area contributed by atoms with Crippen LogP contribution in [-0.4, -0.2) is 69.9 Å². The topological polar surface area (TPSA) is 64.7 Å². The van der Waals surface area contributed by atoms with E-state index < -0.39 is 0 Å². The average molecular weight is 513 g/mol. The van der Waals surface area contributed by atoms with Crippen molar-refractivity contribution >= 4 is 11.8 Å². The van der Waals surface area contributed by atoms with Crippen molar-refractivity contribution in [1.82, 2.24) is 20.4 Å². The lowest BCUT2D eigenvalue weighted by molar-refractivity contribution is -0.147. The normalized spacial score (nSPS) is 30.6. The molecule has 4 saturated carbocycles. The van der Waals surface area contributed by atoms with Gasteiger partial charge in [0.2, 0.25) is 11.8 Å². The summed E-state index contributed by atoms with van der Waals surface area (Å²) in [6, 6.07) is 0. The van der Waals surface area contributed by atoms with E-state index in [-0.39, 0.29) is 40.4 Å². The number of carbonyl (C=O) groups is 2. The van der Waals surface area contributed by atoms with E-state index in [1.165, 1.54) is 128 Å². The van der Waals surface area contributed by atoms with Crippen LogP contribution in [0.2, 0.25) is 0 Å². The van der Waals surface area contributed by atoms with Crippen LogP contribution in [0.3, 0.4) is 0 Å². The second-order valence-corrected chi connectivity index (χ2v) is 14.3. The number of amides is 2. The Morgan fingerprint density at radius 3 is 0.919 bits per heavy atom. The quantitative estimate of drug-likeness (QED) is 0.508. The molecule has 0 atom stereocenters. The first-order valence-electron chi connectivity index (χ1n) is 16.1. The van der Waals surface area contributed by atoms with Crippen molar-refractivity contribution in [2.75, 3.05) is 26.2 Å². The molecule has 2 heterocycles. The van der Waals surface area contributed by atoms with Gasteiger partial charge < -0.3 is 20.4 Å². The number of hydrogen-bond acceptors (Lipinski definition) is 4. The highest BCUT2D eigenvalue weighted by molar-refractivity contribution is 5.97. The highest BCUT2D eigenvalue weighted by atomic mass is 16.2. The summed E-state index contributed by atoms with van der Waals surface area (Å²) in [6.45, 7) is 3.21. The standard InChI is InChI=1S/C31H52N4O2/c36-26(34-22-28(13-5-1-6-14-28)32-29(23-34)15-7-2-8-16-29)21-27(37)35-24-30(17-9-3-10-18-30)33-31(25-35)19-11-4-12-20-31/h32-33H,1-25H2. The van der Waals surface area contributed by atoms with Crippen molar-refractivity contribution < 1.29 is 9.59 Å². The van der Waals surface area contributed by atoms with E-state index in [4.69, 9.17) is 0 Å². The Bertz CT molecular complexity index is 712. The number of carbonyl (C=O) groups excluding carboxylic acids is 2. The van der Waals surface area contributed by atoms with Crippen molar-refractivity contribution in [1.29, 1.82) is 0 Å². The Hall–Kier alpha value is -1.14. The summed E-state index contributed by atoms with van der Waals surface area (Å²) in [5.74, 6) is 0.186. The molecule has 6 nitrogen and oxygen atoms in total. The Balaban J connectivity index is 1.17. The van der Waals surface area contributed by atoms with Crippen LogP contribution in [0.15, 0.2) is 0 Å². The Morgan fingerprint density at radius 2 is 0.676 bits per heavy atom. The molecule has 2 aliphatic heterocycles. The first-order chi connectivity index (χ1) is 17.9. The van der Waals surface area contributed by atoms with E-state index >= 15 is 0 Å². The van der Waals surface area contributed by atoms with E-state index in [1.807, 2.05) is 0 Å². The Morgan fingerprint density at radius 1 is 0.432 bits per heavy atom.